The summed E-state index contributed by atoms with van der Waals surface area (Å²) >= 11 is 5.84. The van der Waals surface area contributed by atoms with E-state index in [0.29, 0.717) is 16.1 Å². The van der Waals surface area contributed by atoms with Crippen LogP contribution < -0.4 is 0 Å². The van der Waals surface area contributed by atoms with Crippen LogP contribution in [0.4, 0.5) is 0 Å². The third-order valence-electron chi connectivity index (χ3n) is 2.08. The number of carboxylic acids is 1. The van der Waals surface area contributed by atoms with Gasteiger partial charge in [0.05, 0.1) is 5.56 Å². The Balaban J connectivity index is 2.63. The van der Waals surface area contributed by atoms with Gasteiger partial charge in [-0.2, -0.15) is 0 Å². The van der Waals surface area contributed by atoms with Gasteiger partial charge in [-0.15, -0.1) is 0 Å². The Hall–Kier alpha value is -1.94. The second-order valence-electron chi connectivity index (χ2n) is 3.12. The quantitative estimate of drug-likeness (QED) is 0.867. The molecule has 2 aromatic rings. The molecule has 0 atom stereocenters. The molecule has 0 saturated heterocycles. The molecule has 0 aliphatic rings. The Morgan fingerprint density at radius 1 is 1.25 bits per heavy atom. The zero-order chi connectivity index (χ0) is 11.5. The van der Waals surface area contributed by atoms with Crippen LogP contribution in [0.1, 0.15) is 10.4 Å². The van der Waals surface area contributed by atoms with Gasteiger partial charge in [0, 0.05) is 28.5 Å². The average molecular weight is 235 g/mol. The fourth-order valence-corrected chi connectivity index (χ4v) is 1.55. The molecule has 0 aliphatic carbocycles. The second-order valence-corrected chi connectivity index (χ2v) is 3.56. The molecule has 1 heterocycles. The first-order chi connectivity index (χ1) is 7.68. The maximum absolute atomic E-state index is 11.0. The molecule has 0 amide bonds. The molecular formula is C11H7ClN2O2. The van der Waals surface area contributed by atoms with Gasteiger partial charge in [0.2, 0.25) is 0 Å². The van der Waals surface area contributed by atoms with Gasteiger partial charge in [-0.05, 0) is 18.2 Å². The van der Waals surface area contributed by atoms with E-state index < -0.39 is 5.97 Å². The van der Waals surface area contributed by atoms with E-state index in [-0.39, 0.29) is 5.56 Å². The maximum Gasteiger partial charge on any atom is 0.336 e. The van der Waals surface area contributed by atoms with Gasteiger partial charge in [-0.25, -0.2) is 14.8 Å². The molecule has 1 N–H and O–H groups in total. The van der Waals surface area contributed by atoms with E-state index in [1.165, 1.54) is 18.5 Å². The van der Waals surface area contributed by atoms with Crippen LogP contribution in [0.5, 0.6) is 0 Å². The fraction of sp³-hybridized carbons (Fsp3) is 0. The Kier molecular flexibility index (Phi) is 2.83. The van der Waals surface area contributed by atoms with E-state index in [1.807, 2.05) is 0 Å². The van der Waals surface area contributed by atoms with Gasteiger partial charge < -0.3 is 5.11 Å². The van der Waals surface area contributed by atoms with Crippen molar-refractivity contribution in [2.45, 2.75) is 0 Å². The summed E-state index contributed by atoms with van der Waals surface area (Å²) in [5, 5.41) is 9.51. The molecule has 5 heteroatoms. The zero-order valence-electron chi connectivity index (χ0n) is 8.09. The molecule has 0 aliphatic heterocycles. The van der Waals surface area contributed by atoms with Crippen molar-refractivity contribution in [3.63, 3.8) is 0 Å². The van der Waals surface area contributed by atoms with Crippen LogP contribution in [0.3, 0.4) is 0 Å². The van der Waals surface area contributed by atoms with Crippen molar-refractivity contribution in [1.82, 2.24) is 9.97 Å². The standard InChI is InChI=1S/C11H7ClN2O2/c12-8-1-2-9(11(15)16)10(3-8)7-4-13-6-14-5-7/h1-6H,(H,15,16). The Bertz CT molecular complexity index is 529. The first-order valence-corrected chi connectivity index (χ1v) is 4.84. The van der Waals surface area contributed by atoms with Crippen molar-refractivity contribution in [3.8, 4) is 11.1 Å². The second kappa shape index (κ2) is 4.28. The normalized spacial score (nSPS) is 10.1. The van der Waals surface area contributed by atoms with Crippen LogP contribution in [-0.4, -0.2) is 21.0 Å². The molecule has 1 aromatic heterocycles. The van der Waals surface area contributed by atoms with Gasteiger partial charge in [0.1, 0.15) is 6.33 Å². The third-order valence-corrected chi connectivity index (χ3v) is 2.32. The van der Waals surface area contributed by atoms with E-state index in [4.69, 9.17) is 16.7 Å². The number of aromatic nitrogens is 2. The molecule has 80 valence electrons. The number of halogens is 1. The van der Waals surface area contributed by atoms with Crippen molar-refractivity contribution in [1.29, 1.82) is 0 Å². The summed E-state index contributed by atoms with van der Waals surface area (Å²) < 4.78 is 0. The Morgan fingerprint density at radius 2 is 1.94 bits per heavy atom. The van der Waals surface area contributed by atoms with Crippen LogP contribution in [0.25, 0.3) is 11.1 Å². The van der Waals surface area contributed by atoms with E-state index >= 15 is 0 Å². The number of hydrogen-bond acceptors (Lipinski definition) is 3. The summed E-state index contributed by atoms with van der Waals surface area (Å²) in [5.74, 6) is -1.00. The predicted molar refractivity (Wildman–Crippen MR) is 59.4 cm³/mol. The number of nitrogens with zero attached hydrogens (tertiary/aromatic N) is 2. The number of benzene rings is 1. The fourth-order valence-electron chi connectivity index (χ4n) is 1.38. The van der Waals surface area contributed by atoms with Crippen molar-refractivity contribution in [2.75, 3.05) is 0 Å². The molecule has 0 unspecified atom stereocenters. The summed E-state index contributed by atoms with van der Waals surface area (Å²) in [5.41, 5.74) is 1.32. The molecule has 0 fully saturated rings. The average Bonchev–Trinajstić information content (AvgIpc) is 2.29. The van der Waals surface area contributed by atoms with Gasteiger partial charge in [-0.3, -0.25) is 0 Å². The zero-order valence-corrected chi connectivity index (χ0v) is 8.85. The van der Waals surface area contributed by atoms with E-state index in [9.17, 15) is 4.79 Å². The lowest BCUT2D eigenvalue weighted by molar-refractivity contribution is 0.0698. The minimum absolute atomic E-state index is 0.180. The van der Waals surface area contributed by atoms with Crippen LogP contribution >= 0.6 is 11.6 Å². The highest BCUT2D eigenvalue weighted by Crippen LogP contribution is 2.25. The van der Waals surface area contributed by atoms with Crippen molar-refractivity contribution >= 4 is 17.6 Å². The van der Waals surface area contributed by atoms with Crippen LogP contribution in [-0.2, 0) is 0 Å². The molecule has 0 bridgehead atoms. The number of hydrogen-bond donors (Lipinski definition) is 1. The van der Waals surface area contributed by atoms with Crippen molar-refractivity contribution < 1.29 is 9.90 Å². The molecule has 0 radical (unpaired) electrons. The molecule has 4 nitrogen and oxygen atoms in total. The predicted octanol–water partition coefficient (Wildman–Crippen LogP) is 2.50. The van der Waals surface area contributed by atoms with Gasteiger partial charge in [-0.1, -0.05) is 11.6 Å². The summed E-state index contributed by atoms with van der Waals surface area (Å²) in [6.45, 7) is 0. The summed E-state index contributed by atoms with van der Waals surface area (Å²) in [4.78, 5) is 18.7. The minimum Gasteiger partial charge on any atom is -0.478 e. The topological polar surface area (TPSA) is 63.1 Å². The van der Waals surface area contributed by atoms with Gasteiger partial charge in [0.15, 0.2) is 0 Å². The van der Waals surface area contributed by atoms with Gasteiger partial charge in [0.25, 0.3) is 0 Å². The maximum atomic E-state index is 11.0. The van der Waals surface area contributed by atoms with Crippen molar-refractivity contribution in [2.24, 2.45) is 0 Å². The highest BCUT2D eigenvalue weighted by Gasteiger charge is 2.12. The SMILES string of the molecule is O=C(O)c1ccc(Cl)cc1-c1cncnc1. The van der Waals surface area contributed by atoms with Crippen LogP contribution in [0, 0.1) is 0 Å². The monoisotopic (exact) mass is 234 g/mol. The largest absolute Gasteiger partial charge is 0.478 e. The van der Waals surface area contributed by atoms with E-state index in [0.717, 1.165) is 0 Å². The molecular weight excluding hydrogens is 228 g/mol. The molecule has 1 aromatic carbocycles. The first-order valence-electron chi connectivity index (χ1n) is 4.46. The first kappa shape index (κ1) is 10.6. The van der Waals surface area contributed by atoms with Crippen LogP contribution in [0.2, 0.25) is 5.02 Å². The number of carbonyl (C=O) groups is 1. The molecule has 2 rings (SSSR count). The molecule has 16 heavy (non-hydrogen) atoms. The summed E-state index contributed by atoms with van der Waals surface area (Å²) in [6, 6.07) is 4.59. The number of aromatic carboxylic acids is 1. The van der Waals surface area contributed by atoms with Gasteiger partial charge >= 0.3 is 5.97 Å². The third kappa shape index (κ3) is 2.01. The molecule has 0 saturated carbocycles. The van der Waals surface area contributed by atoms with Crippen LogP contribution in [0.15, 0.2) is 36.9 Å². The highest BCUT2D eigenvalue weighted by molar-refractivity contribution is 6.31. The summed E-state index contributed by atoms with van der Waals surface area (Å²) in [6.07, 6.45) is 4.48. The lowest BCUT2D eigenvalue weighted by Crippen LogP contribution is -1.99. The van der Waals surface area contributed by atoms with Crippen molar-refractivity contribution in [3.05, 3.63) is 47.5 Å². The summed E-state index contributed by atoms with van der Waals surface area (Å²) in [7, 11) is 0. The number of carboxylic acid groups (broad SMARTS) is 1. The lowest BCUT2D eigenvalue weighted by atomic mass is 10.0. The minimum atomic E-state index is -1.00. The number of rotatable bonds is 2. The molecule has 0 spiro atoms. The lowest BCUT2D eigenvalue weighted by Gasteiger charge is -2.05. The smallest absolute Gasteiger partial charge is 0.336 e. The Labute approximate surface area is 96.6 Å². The van der Waals surface area contributed by atoms with E-state index in [1.54, 1.807) is 18.5 Å². The highest BCUT2D eigenvalue weighted by atomic mass is 35.5. The van der Waals surface area contributed by atoms with E-state index in [2.05, 4.69) is 9.97 Å². The Morgan fingerprint density at radius 3 is 2.56 bits per heavy atom.